The Kier molecular flexibility index (Phi) is 6.27. The predicted molar refractivity (Wildman–Crippen MR) is 124 cm³/mol. The standard InChI is InChI=1S/C23H24N6O3/c1-14-10-16(4-5-19(14)32-9-3-7-24)27-22-21-15(6-8-26-23(21)30)11-17(29-22)18-12-25-13-20(28-18)31-2/h4-6,8,10-13H,3,7,9,24H2,1-2H3,(H,26,30)(H,27,29). The molecule has 4 aromatic rings. The molecule has 9 heteroatoms. The second kappa shape index (κ2) is 9.44. The summed E-state index contributed by atoms with van der Waals surface area (Å²) in [6, 6.07) is 9.34. The molecule has 0 saturated heterocycles. The Balaban J connectivity index is 1.74. The maximum absolute atomic E-state index is 12.6. The minimum atomic E-state index is -0.237. The minimum absolute atomic E-state index is 0.237. The van der Waals surface area contributed by atoms with Gasteiger partial charge in [0.25, 0.3) is 5.56 Å². The van der Waals surface area contributed by atoms with Gasteiger partial charge in [-0.25, -0.2) is 9.97 Å². The largest absolute Gasteiger partial charge is 0.493 e. The minimum Gasteiger partial charge on any atom is -0.493 e. The number of nitrogens with zero attached hydrogens (tertiary/aromatic N) is 3. The van der Waals surface area contributed by atoms with Crippen LogP contribution >= 0.6 is 0 Å². The van der Waals surface area contributed by atoms with Gasteiger partial charge in [0.05, 0.1) is 37.2 Å². The van der Waals surface area contributed by atoms with Crippen molar-refractivity contribution in [1.29, 1.82) is 0 Å². The normalized spacial score (nSPS) is 10.8. The number of nitrogens with two attached hydrogens (primary N) is 1. The molecule has 1 aromatic carbocycles. The molecule has 0 unspecified atom stereocenters. The lowest BCUT2D eigenvalue weighted by Gasteiger charge is -2.13. The van der Waals surface area contributed by atoms with Crippen LogP contribution in [0.3, 0.4) is 0 Å². The first-order chi connectivity index (χ1) is 15.6. The molecule has 4 rings (SSSR count). The van der Waals surface area contributed by atoms with Crippen molar-refractivity contribution in [1.82, 2.24) is 19.9 Å². The smallest absolute Gasteiger partial charge is 0.259 e. The highest BCUT2D eigenvalue weighted by atomic mass is 16.5. The Morgan fingerprint density at radius 2 is 2.00 bits per heavy atom. The average molecular weight is 432 g/mol. The summed E-state index contributed by atoms with van der Waals surface area (Å²) in [7, 11) is 1.53. The van der Waals surface area contributed by atoms with Gasteiger partial charge in [0.15, 0.2) is 0 Å². The summed E-state index contributed by atoms with van der Waals surface area (Å²) in [5.41, 5.74) is 8.13. The van der Waals surface area contributed by atoms with E-state index in [4.69, 9.17) is 15.2 Å². The van der Waals surface area contributed by atoms with E-state index in [9.17, 15) is 4.79 Å². The first-order valence-electron chi connectivity index (χ1n) is 10.2. The summed E-state index contributed by atoms with van der Waals surface area (Å²) in [5.74, 6) is 1.59. The monoisotopic (exact) mass is 432 g/mol. The SMILES string of the molecule is COc1cncc(-c2cc3cc[nH]c(=O)c3c(Nc3ccc(OCCCN)c(C)c3)n2)n1. The number of nitrogens with one attached hydrogen (secondary N) is 2. The van der Waals surface area contributed by atoms with Crippen molar-refractivity contribution < 1.29 is 9.47 Å². The summed E-state index contributed by atoms with van der Waals surface area (Å²) in [6.07, 6.45) is 5.52. The van der Waals surface area contributed by atoms with Crippen LogP contribution in [0.2, 0.25) is 0 Å². The number of rotatable bonds is 8. The number of aromatic amines is 1. The second-order valence-electron chi connectivity index (χ2n) is 7.17. The van der Waals surface area contributed by atoms with Crippen LogP contribution in [0.5, 0.6) is 11.6 Å². The molecule has 0 fully saturated rings. The van der Waals surface area contributed by atoms with Crippen LogP contribution in [-0.2, 0) is 0 Å². The molecule has 0 atom stereocenters. The number of aryl methyl sites for hydroxylation is 1. The number of ether oxygens (including phenoxy) is 2. The highest BCUT2D eigenvalue weighted by Crippen LogP contribution is 2.29. The van der Waals surface area contributed by atoms with Gasteiger partial charge >= 0.3 is 0 Å². The van der Waals surface area contributed by atoms with E-state index in [2.05, 4.69) is 25.3 Å². The molecule has 0 amide bonds. The van der Waals surface area contributed by atoms with Gasteiger partial charge in [0.1, 0.15) is 17.3 Å². The molecular weight excluding hydrogens is 408 g/mol. The zero-order valence-electron chi connectivity index (χ0n) is 17.9. The van der Waals surface area contributed by atoms with Crippen molar-refractivity contribution in [3.8, 4) is 23.0 Å². The summed E-state index contributed by atoms with van der Waals surface area (Å²) >= 11 is 0. The number of hydrogen-bond donors (Lipinski definition) is 3. The molecule has 32 heavy (non-hydrogen) atoms. The molecule has 9 nitrogen and oxygen atoms in total. The van der Waals surface area contributed by atoms with Crippen LogP contribution in [-0.4, -0.2) is 40.2 Å². The Morgan fingerprint density at radius 1 is 1.12 bits per heavy atom. The molecule has 0 spiro atoms. The fraction of sp³-hybridized carbons (Fsp3) is 0.217. The number of anilines is 2. The maximum Gasteiger partial charge on any atom is 0.259 e. The Hall–Kier alpha value is -3.98. The first kappa shape index (κ1) is 21.3. The third-order valence-corrected chi connectivity index (χ3v) is 4.88. The van der Waals surface area contributed by atoms with Crippen molar-refractivity contribution in [2.75, 3.05) is 25.6 Å². The zero-order chi connectivity index (χ0) is 22.5. The van der Waals surface area contributed by atoms with E-state index in [0.29, 0.717) is 41.6 Å². The highest BCUT2D eigenvalue weighted by molar-refractivity contribution is 5.94. The number of hydrogen-bond acceptors (Lipinski definition) is 8. The summed E-state index contributed by atoms with van der Waals surface area (Å²) in [5, 5.41) is 4.45. The molecule has 4 N–H and O–H groups in total. The van der Waals surface area contributed by atoms with E-state index >= 15 is 0 Å². The fourth-order valence-corrected chi connectivity index (χ4v) is 3.30. The molecule has 0 aliphatic carbocycles. The lowest BCUT2D eigenvalue weighted by Crippen LogP contribution is -2.09. The summed E-state index contributed by atoms with van der Waals surface area (Å²) < 4.78 is 10.9. The number of benzene rings is 1. The predicted octanol–water partition coefficient (Wildman–Crippen LogP) is 3.17. The lowest BCUT2D eigenvalue weighted by atomic mass is 10.1. The van der Waals surface area contributed by atoms with Crippen LogP contribution in [0.15, 0.2) is 53.7 Å². The third-order valence-electron chi connectivity index (χ3n) is 4.88. The van der Waals surface area contributed by atoms with Gasteiger partial charge in [0, 0.05) is 11.9 Å². The van der Waals surface area contributed by atoms with Crippen molar-refractivity contribution >= 4 is 22.3 Å². The highest BCUT2D eigenvalue weighted by Gasteiger charge is 2.13. The lowest BCUT2D eigenvalue weighted by molar-refractivity contribution is 0.311. The summed E-state index contributed by atoms with van der Waals surface area (Å²) in [4.78, 5) is 28.6. The van der Waals surface area contributed by atoms with Crippen LogP contribution in [0.25, 0.3) is 22.2 Å². The van der Waals surface area contributed by atoms with E-state index in [1.54, 1.807) is 18.5 Å². The van der Waals surface area contributed by atoms with E-state index in [1.165, 1.54) is 13.3 Å². The molecule has 0 bridgehead atoms. The molecular formula is C23H24N6O3. The summed E-state index contributed by atoms with van der Waals surface area (Å²) in [6.45, 7) is 3.11. The third kappa shape index (κ3) is 4.52. The van der Waals surface area contributed by atoms with E-state index in [1.807, 2.05) is 31.2 Å². The molecule has 0 aliphatic rings. The van der Waals surface area contributed by atoms with Gasteiger partial charge in [-0.3, -0.25) is 9.78 Å². The van der Waals surface area contributed by atoms with Crippen LogP contribution < -0.4 is 26.1 Å². The Morgan fingerprint density at radius 3 is 2.78 bits per heavy atom. The van der Waals surface area contributed by atoms with Gasteiger partial charge in [-0.1, -0.05) is 0 Å². The Labute approximate surface area is 184 Å². The number of H-pyrrole nitrogens is 1. The maximum atomic E-state index is 12.6. The van der Waals surface area contributed by atoms with Crippen molar-refractivity contribution in [3.05, 3.63) is 64.8 Å². The number of fused-ring (bicyclic) bond motifs is 1. The van der Waals surface area contributed by atoms with Gasteiger partial charge in [0.2, 0.25) is 5.88 Å². The fourth-order valence-electron chi connectivity index (χ4n) is 3.30. The molecule has 3 aromatic heterocycles. The van der Waals surface area contributed by atoms with Crippen molar-refractivity contribution in [2.45, 2.75) is 13.3 Å². The number of aromatic nitrogens is 4. The van der Waals surface area contributed by atoms with Crippen LogP contribution in [0.4, 0.5) is 11.5 Å². The number of methoxy groups -OCH3 is 1. The van der Waals surface area contributed by atoms with Crippen molar-refractivity contribution in [3.63, 3.8) is 0 Å². The van der Waals surface area contributed by atoms with Gasteiger partial charge in [-0.15, -0.1) is 0 Å². The second-order valence-corrected chi connectivity index (χ2v) is 7.17. The zero-order valence-corrected chi connectivity index (χ0v) is 17.9. The molecule has 0 radical (unpaired) electrons. The molecule has 0 aliphatic heterocycles. The van der Waals surface area contributed by atoms with E-state index < -0.39 is 0 Å². The molecule has 164 valence electrons. The van der Waals surface area contributed by atoms with E-state index in [0.717, 1.165) is 28.8 Å². The van der Waals surface area contributed by atoms with Gasteiger partial charge < -0.3 is 25.5 Å². The Bertz CT molecular complexity index is 1300. The number of pyridine rings is 2. The van der Waals surface area contributed by atoms with Crippen molar-refractivity contribution in [2.24, 2.45) is 5.73 Å². The van der Waals surface area contributed by atoms with Crippen LogP contribution in [0.1, 0.15) is 12.0 Å². The van der Waals surface area contributed by atoms with Gasteiger partial charge in [-0.2, -0.15) is 0 Å². The quantitative estimate of drug-likeness (QED) is 0.362. The molecule has 3 heterocycles. The average Bonchev–Trinajstić information content (AvgIpc) is 2.80. The van der Waals surface area contributed by atoms with E-state index in [-0.39, 0.29) is 5.56 Å². The van der Waals surface area contributed by atoms with Gasteiger partial charge in [-0.05, 0) is 61.2 Å². The topological polar surface area (TPSA) is 128 Å². The first-order valence-corrected chi connectivity index (χ1v) is 10.2. The molecule has 0 saturated carbocycles. The van der Waals surface area contributed by atoms with Crippen LogP contribution in [0, 0.1) is 6.92 Å².